The Morgan fingerprint density at radius 2 is 1.79 bits per heavy atom. The molecule has 2 heterocycles. The fourth-order valence-electron chi connectivity index (χ4n) is 3.87. The van der Waals surface area contributed by atoms with E-state index >= 15 is 0 Å². The molecule has 174 valence electrons. The molecule has 1 unspecified atom stereocenters. The van der Waals surface area contributed by atoms with Crippen molar-refractivity contribution >= 4 is 17.4 Å². The third-order valence-electron chi connectivity index (χ3n) is 5.47. The molecule has 0 spiro atoms. The van der Waals surface area contributed by atoms with Gasteiger partial charge in [-0.1, -0.05) is 18.2 Å². The molecule has 0 saturated carbocycles. The molecule has 1 atom stereocenters. The normalized spacial score (nSPS) is 16.3. The van der Waals surface area contributed by atoms with Gasteiger partial charge in [0.15, 0.2) is 0 Å². The average Bonchev–Trinajstić information content (AvgIpc) is 3.33. The van der Waals surface area contributed by atoms with Gasteiger partial charge in [-0.25, -0.2) is 4.79 Å². The lowest BCUT2D eigenvalue weighted by Crippen LogP contribution is -2.48. The zero-order valence-corrected chi connectivity index (χ0v) is 20.3. The molecule has 1 saturated heterocycles. The summed E-state index contributed by atoms with van der Waals surface area (Å²) in [4.78, 5) is 14.4. The first-order valence-corrected chi connectivity index (χ1v) is 12.4. The number of hydrogen-bond donors (Lipinski definition) is 0. The second kappa shape index (κ2) is 10.3. The number of piperidine rings is 1. The summed E-state index contributed by atoms with van der Waals surface area (Å²) in [6, 6.07) is 17.8. The van der Waals surface area contributed by atoms with Crippen molar-refractivity contribution in [3.8, 4) is 28.4 Å². The number of rotatable bonds is 6. The molecule has 1 aliphatic rings. The van der Waals surface area contributed by atoms with Gasteiger partial charge >= 0.3 is 6.09 Å². The highest BCUT2D eigenvalue weighted by molar-refractivity contribution is 7.08. The first-order chi connectivity index (χ1) is 15.9. The smallest absolute Gasteiger partial charge is 0.410 e. The number of likely N-dealkylation sites (tertiary alicyclic amines) is 1. The quantitative estimate of drug-likeness (QED) is 0.381. The van der Waals surface area contributed by atoms with Crippen molar-refractivity contribution < 1.29 is 19.0 Å². The summed E-state index contributed by atoms with van der Waals surface area (Å²) < 4.78 is 17.8. The summed E-state index contributed by atoms with van der Waals surface area (Å²) >= 11 is 1.67. The molecule has 4 rings (SSSR count). The van der Waals surface area contributed by atoms with Gasteiger partial charge in [0.1, 0.15) is 29.5 Å². The number of hydrogen-bond acceptors (Lipinski definition) is 5. The van der Waals surface area contributed by atoms with E-state index in [9.17, 15) is 4.79 Å². The van der Waals surface area contributed by atoms with E-state index in [1.807, 2.05) is 68.1 Å². The molecule has 6 heteroatoms. The third kappa shape index (κ3) is 6.29. The summed E-state index contributed by atoms with van der Waals surface area (Å²) in [5, 5.41) is 4.18. The van der Waals surface area contributed by atoms with Crippen molar-refractivity contribution in [3.05, 3.63) is 65.4 Å². The minimum Gasteiger partial charge on any atom is -0.491 e. The molecule has 33 heavy (non-hydrogen) atoms. The van der Waals surface area contributed by atoms with Crippen molar-refractivity contribution in [3.63, 3.8) is 0 Å². The number of para-hydroxylation sites is 1. The van der Waals surface area contributed by atoms with Gasteiger partial charge in [-0.15, -0.1) is 0 Å². The van der Waals surface area contributed by atoms with Crippen LogP contribution in [0.25, 0.3) is 11.1 Å². The van der Waals surface area contributed by atoms with Crippen LogP contribution in [0.5, 0.6) is 17.2 Å². The van der Waals surface area contributed by atoms with Gasteiger partial charge in [0.2, 0.25) is 0 Å². The Bertz CT molecular complexity index is 1040. The van der Waals surface area contributed by atoms with E-state index in [-0.39, 0.29) is 12.1 Å². The molecule has 0 bridgehead atoms. The van der Waals surface area contributed by atoms with Crippen LogP contribution < -0.4 is 9.47 Å². The Morgan fingerprint density at radius 3 is 2.52 bits per heavy atom. The largest absolute Gasteiger partial charge is 0.491 e. The second-order valence-electron chi connectivity index (χ2n) is 9.22. The lowest BCUT2D eigenvalue weighted by molar-refractivity contribution is 0.00361. The molecule has 0 aliphatic carbocycles. The van der Waals surface area contributed by atoms with Gasteiger partial charge in [-0.2, -0.15) is 11.3 Å². The van der Waals surface area contributed by atoms with Gasteiger partial charge in [-0.05, 0) is 92.8 Å². The Hall–Kier alpha value is -2.99. The molecule has 1 aliphatic heterocycles. The SMILES string of the molecule is CC(C)(C)OC(=O)N1CCCCC1COc1ccc(Oc2ccccc2-c2ccsc2)cc1. The lowest BCUT2D eigenvalue weighted by Gasteiger charge is -2.36. The Labute approximate surface area is 199 Å². The van der Waals surface area contributed by atoms with Gasteiger partial charge < -0.3 is 19.1 Å². The van der Waals surface area contributed by atoms with Crippen LogP contribution >= 0.6 is 11.3 Å². The summed E-state index contributed by atoms with van der Waals surface area (Å²) in [6.45, 7) is 6.83. The maximum Gasteiger partial charge on any atom is 0.410 e. The van der Waals surface area contributed by atoms with Crippen LogP contribution in [0.4, 0.5) is 4.79 Å². The Kier molecular flexibility index (Phi) is 7.23. The fraction of sp³-hybridized carbons (Fsp3) is 0.370. The highest BCUT2D eigenvalue weighted by atomic mass is 32.1. The molecule has 1 fully saturated rings. The summed E-state index contributed by atoms with van der Waals surface area (Å²) in [5.41, 5.74) is 1.72. The predicted molar refractivity (Wildman–Crippen MR) is 132 cm³/mol. The van der Waals surface area contributed by atoms with Crippen molar-refractivity contribution in [2.75, 3.05) is 13.2 Å². The number of thiophene rings is 1. The molecular formula is C27H31NO4S. The van der Waals surface area contributed by atoms with Crippen molar-refractivity contribution in [1.82, 2.24) is 4.90 Å². The molecule has 0 N–H and O–H groups in total. The van der Waals surface area contributed by atoms with Crippen molar-refractivity contribution in [2.24, 2.45) is 0 Å². The number of carbonyl (C=O) groups excluding carboxylic acids is 1. The molecular weight excluding hydrogens is 434 g/mol. The van der Waals surface area contributed by atoms with Gasteiger partial charge in [0.05, 0.1) is 6.04 Å². The summed E-state index contributed by atoms with van der Waals surface area (Å²) in [7, 11) is 0. The lowest BCUT2D eigenvalue weighted by atomic mass is 10.0. The molecule has 1 aromatic heterocycles. The van der Waals surface area contributed by atoms with E-state index in [2.05, 4.69) is 22.9 Å². The first kappa shape index (κ1) is 23.2. The Balaban J connectivity index is 1.37. The minimum absolute atomic E-state index is 0.0158. The number of ether oxygens (including phenoxy) is 3. The maximum atomic E-state index is 12.6. The van der Waals surface area contributed by atoms with Gasteiger partial charge in [0, 0.05) is 12.1 Å². The zero-order valence-electron chi connectivity index (χ0n) is 19.5. The van der Waals surface area contributed by atoms with Crippen LogP contribution in [-0.4, -0.2) is 35.8 Å². The fourth-order valence-corrected chi connectivity index (χ4v) is 4.53. The third-order valence-corrected chi connectivity index (χ3v) is 6.15. The van der Waals surface area contributed by atoms with E-state index in [1.165, 1.54) is 0 Å². The number of benzene rings is 2. The average molecular weight is 466 g/mol. The van der Waals surface area contributed by atoms with Crippen LogP contribution in [0.15, 0.2) is 65.4 Å². The van der Waals surface area contributed by atoms with E-state index in [1.54, 1.807) is 11.3 Å². The summed E-state index contributed by atoms with van der Waals surface area (Å²) in [6.07, 6.45) is 2.74. The topological polar surface area (TPSA) is 48.0 Å². The molecule has 3 aromatic rings. The molecule has 5 nitrogen and oxygen atoms in total. The van der Waals surface area contributed by atoms with E-state index in [4.69, 9.17) is 14.2 Å². The molecule has 1 amide bonds. The van der Waals surface area contributed by atoms with Crippen molar-refractivity contribution in [1.29, 1.82) is 0 Å². The first-order valence-electron chi connectivity index (χ1n) is 11.4. The van der Waals surface area contributed by atoms with Crippen LogP contribution in [0.3, 0.4) is 0 Å². The second-order valence-corrected chi connectivity index (χ2v) is 10.00. The highest BCUT2D eigenvalue weighted by Gasteiger charge is 2.30. The zero-order chi connectivity index (χ0) is 23.3. The van der Waals surface area contributed by atoms with Crippen LogP contribution in [0.1, 0.15) is 40.0 Å². The number of nitrogens with zero attached hydrogens (tertiary/aromatic N) is 1. The molecule has 2 aromatic carbocycles. The van der Waals surface area contributed by atoms with Crippen LogP contribution in [0, 0.1) is 0 Å². The van der Waals surface area contributed by atoms with E-state index in [0.29, 0.717) is 13.2 Å². The van der Waals surface area contributed by atoms with E-state index in [0.717, 1.165) is 47.6 Å². The van der Waals surface area contributed by atoms with E-state index < -0.39 is 5.60 Å². The van der Waals surface area contributed by atoms with Gasteiger partial charge in [-0.3, -0.25) is 0 Å². The monoisotopic (exact) mass is 465 g/mol. The van der Waals surface area contributed by atoms with Gasteiger partial charge in [0.25, 0.3) is 0 Å². The highest BCUT2D eigenvalue weighted by Crippen LogP contribution is 2.34. The Morgan fingerprint density at radius 1 is 1.03 bits per heavy atom. The minimum atomic E-state index is -0.502. The van der Waals surface area contributed by atoms with Crippen molar-refractivity contribution in [2.45, 2.75) is 51.7 Å². The summed E-state index contributed by atoms with van der Waals surface area (Å²) in [5.74, 6) is 2.32. The maximum absolute atomic E-state index is 12.6. The standard InChI is InChI=1S/C27H31NO4S/c1-27(2,3)32-26(29)28-16-7-6-8-21(28)18-30-22-11-13-23(14-12-22)31-25-10-5-4-9-24(25)20-15-17-33-19-20/h4-5,9-15,17,19,21H,6-8,16,18H2,1-3H3. The predicted octanol–water partition coefficient (Wildman–Crippen LogP) is 7.38. The molecule has 0 radical (unpaired) electrons. The number of amides is 1. The van der Waals surface area contributed by atoms with Crippen LogP contribution in [0.2, 0.25) is 0 Å². The number of carbonyl (C=O) groups is 1. The van der Waals surface area contributed by atoms with Crippen LogP contribution in [-0.2, 0) is 4.74 Å².